The van der Waals surface area contributed by atoms with E-state index in [1.165, 1.54) is 24.8 Å². The second-order valence-corrected chi connectivity index (χ2v) is 10.0. The van der Waals surface area contributed by atoms with Crippen LogP contribution in [-0.2, 0) is 11.3 Å². The number of phenolic OH excluding ortho intramolecular Hbond substituents is 1. The Morgan fingerprint density at radius 2 is 1.82 bits per heavy atom. The Bertz CT molecular complexity index is 1380. The van der Waals surface area contributed by atoms with Crippen LogP contribution < -0.4 is 10.1 Å². The molecular weight excluding hydrogens is 485 g/mol. The molecule has 3 aromatic carbocycles. The van der Waals surface area contributed by atoms with Crippen LogP contribution in [0.3, 0.4) is 0 Å². The number of nitrogens with one attached hydrogen (secondary N) is 1. The Hall–Kier alpha value is -3.91. The highest BCUT2D eigenvalue weighted by atomic mass is 19.1. The van der Waals surface area contributed by atoms with E-state index >= 15 is 0 Å². The molecule has 1 atom stereocenters. The van der Waals surface area contributed by atoms with E-state index in [1.807, 2.05) is 12.1 Å². The summed E-state index contributed by atoms with van der Waals surface area (Å²) in [7, 11) is 1.52. The molecule has 0 aromatic heterocycles. The van der Waals surface area contributed by atoms with E-state index in [9.17, 15) is 19.1 Å². The summed E-state index contributed by atoms with van der Waals surface area (Å²) in [6, 6.07) is 15.6. The van der Waals surface area contributed by atoms with Gasteiger partial charge in [-0.2, -0.15) is 0 Å². The average Bonchev–Trinajstić information content (AvgIpc) is 3.35. The maximum Gasteiger partial charge on any atom is 0.257 e. The number of fused-ring (bicyclic) bond motifs is 1. The van der Waals surface area contributed by atoms with Crippen LogP contribution in [0.1, 0.15) is 35.2 Å². The van der Waals surface area contributed by atoms with Crippen molar-refractivity contribution in [3.63, 3.8) is 0 Å². The number of carbonyl (C=O) groups excluding carboxylic acids is 2. The molecule has 0 radical (unpaired) electrons. The van der Waals surface area contributed by atoms with Crippen molar-refractivity contribution in [2.45, 2.75) is 31.8 Å². The molecule has 2 aliphatic heterocycles. The minimum absolute atomic E-state index is 0.0712. The van der Waals surface area contributed by atoms with Gasteiger partial charge in [0.2, 0.25) is 5.91 Å². The number of halogens is 1. The molecule has 7 nitrogen and oxygen atoms in total. The summed E-state index contributed by atoms with van der Waals surface area (Å²) in [6.45, 7) is 3.45. The standard InChI is InChI=1S/C30H32FN3O4/c1-38-26-6-7-28(35)27(17-26)30(37)34-12-8-20(9-13-34)15-29(36)32-25-10-11-33(19-25)18-21-2-3-23-16-24(31)5-4-22(23)14-21/h2-7,14-17,25,35H,8-13,18-19H2,1H3,(H,32,36)/t25-/m1/s1. The lowest BCUT2D eigenvalue weighted by molar-refractivity contribution is -0.117. The number of nitrogens with zero attached hydrogens (tertiary/aromatic N) is 2. The smallest absolute Gasteiger partial charge is 0.257 e. The quantitative estimate of drug-likeness (QED) is 0.478. The average molecular weight is 518 g/mol. The third-order valence-electron chi connectivity index (χ3n) is 7.35. The van der Waals surface area contributed by atoms with Gasteiger partial charge >= 0.3 is 0 Å². The highest BCUT2D eigenvalue weighted by Gasteiger charge is 2.25. The van der Waals surface area contributed by atoms with Gasteiger partial charge in [-0.25, -0.2) is 4.39 Å². The predicted molar refractivity (Wildman–Crippen MR) is 144 cm³/mol. The van der Waals surface area contributed by atoms with Crippen molar-refractivity contribution in [2.75, 3.05) is 33.3 Å². The molecule has 2 amide bonds. The molecule has 2 fully saturated rings. The molecule has 0 saturated carbocycles. The van der Waals surface area contributed by atoms with E-state index in [2.05, 4.69) is 16.3 Å². The monoisotopic (exact) mass is 517 g/mol. The van der Waals surface area contributed by atoms with Gasteiger partial charge in [0.05, 0.1) is 12.7 Å². The Morgan fingerprint density at radius 1 is 1.05 bits per heavy atom. The first-order valence-electron chi connectivity index (χ1n) is 12.9. The summed E-state index contributed by atoms with van der Waals surface area (Å²) in [4.78, 5) is 29.6. The van der Waals surface area contributed by atoms with Gasteiger partial charge in [-0.3, -0.25) is 14.5 Å². The van der Waals surface area contributed by atoms with Crippen LogP contribution >= 0.6 is 0 Å². The lowest BCUT2D eigenvalue weighted by Crippen LogP contribution is -2.38. The Labute approximate surface area is 221 Å². The van der Waals surface area contributed by atoms with Gasteiger partial charge in [0.15, 0.2) is 0 Å². The first-order valence-corrected chi connectivity index (χ1v) is 12.9. The summed E-state index contributed by atoms with van der Waals surface area (Å²) in [5, 5.41) is 15.2. The number of benzene rings is 3. The third-order valence-corrected chi connectivity index (χ3v) is 7.35. The number of amides is 2. The largest absolute Gasteiger partial charge is 0.507 e. The summed E-state index contributed by atoms with van der Waals surface area (Å²) in [5.74, 6) is -0.122. The van der Waals surface area contributed by atoms with Crippen LogP contribution in [0.25, 0.3) is 10.8 Å². The van der Waals surface area contributed by atoms with Crippen LogP contribution in [0, 0.1) is 5.82 Å². The Balaban J connectivity index is 1.10. The van der Waals surface area contributed by atoms with Crippen molar-refractivity contribution >= 4 is 22.6 Å². The van der Waals surface area contributed by atoms with Crippen molar-refractivity contribution < 1.29 is 23.8 Å². The van der Waals surface area contributed by atoms with Gasteiger partial charge in [0, 0.05) is 44.8 Å². The van der Waals surface area contributed by atoms with E-state index in [0.717, 1.165) is 42.4 Å². The number of rotatable bonds is 6. The molecule has 2 aliphatic rings. The third kappa shape index (κ3) is 5.97. The van der Waals surface area contributed by atoms with Gasteiger partial charge in [-0.15, -0.1) is 0 Å². The summed E-state index contributed by atoms with van der Waals surface area (Å²) >= 11 is 0. The molecular formula is C30H32FN3O4. The highest BCUT2D eigenvalue weighted by molar-refractivity contribution is 5.97. The second kappa shape index (κ2) is 11.2. The van der Waals surface area contributed by atoms with E-state index in [0.29, 0.717) is 31.7 Å². The molecule has 2 N–H and O–H groups in total. The van der Waals surface area contributed by atoms with Crippen LogP contribution in [0.15, 0.2) is 66.2 Å². The van der Waals surface area contributed by atoms with Crippen LogP contribution in [0.2, 0.25) is 0 Å². The number of ether oxygens (including phenoxy) is 1. The topological polar surface area (TPSA) is 82.1 Å². The molecule has 3 aromatic rings. The molecule has 2 saturated heterocycles. The lowest BCUT2D eigenvalue weighted by Gasteiger charge is -2.29. The zero-order valence-corrected chi connectivity index (χ0v) is 21.5. The van der Waals surface area contributed by atoms with Crippen LogP contribution in [0.5, 0.6) is 11.5 Å². The van der Waals surface area contributed by atoms with Crippen molar-refractivity contribution in [3.05, 3.63) is 83.2 Å². The fraction of sp³-hybridized carbons (Fsp3) is 0.333. The molecule has 2 heterocycles. The van der Waals surface area contributed by atoms with Gasteiger partial charge in [-0.05, 0) is 72.0 Å². The number of carbonyl (C=O) groups is 2. The van der Waals surface area contributed by atoms with E-state index in [1.54, 1.807) is 35.2 Å². The number of hydrogen-bond donors (Lipinski definition) is 2. The Morgan fingerprint density at radius 3 is 2.61 bits per heavy atom. The SMILES string of the molecule is COc1ccc(O)c(C(=O)N2CCC(=CC(=O)N[C@@H]3CCN(Cc4ccc5cc(F)ccc5c4)C3)CC2)c1. The molecule has 8 heteroatoms. The number of piperidine rings is 1. The highest BCUT2D eigenvalue weighted by Crippen LogP contribution is 2.26. The maximum absolute atomic E-state index is 13.4. The molecule has 5 rings (SSSR count). The van der Waals surface area contributed by atoms with Crippen molar-refractivity contribution in [3.8, 4) is 11.5 Å². The first kappa shape index (κ1) is 25.7. The van der Waals surface area contributed by atoms with Gasteiger partial charge in [-0.1, -0.05) is 23.8 Å². The fourth-order valence-corrected chi connectivity index (χ4v) is 5.27. The summed E-state index contributed by atoms with van der Waals surface area (Å²) in [6.07, 6.45) is 3.80. The predicted octanol–water partition coefficient (Wildman–Crippen LogP) is 4.25. The minimum atomic E-state index is -0.241. The van der Waals surface area contributed by atoms with Crippen LogP contribution in [0.4, 0.5) is 4.39 Å². The maximum atomic E-state index is 13.4. The second-order valence-electron chi connectivity index (χ2n) is 10.0. The molecule has 0 aliphatic carbocycles. The number of phenols is 1. The summed E-state index contributed by atoms with van der Waals surface area (Å²) < 4.78 is 18.6. The van der Waals surface area contributed by atoms with E-state index < -0.39 is 0 Å². The zero-order valence-electron chi connectivity index (χ0n) is 21.5. The van der Waals surface area contributed by atoms with Gasteiger partial charge in [0.25, 0.3) is 5.91 Å². The Kier molecular flexibility index (Phi) is 7.60. The number of hydrogen-bond acceptors (Lipinski definition) is 5. The van der Waals surface area contributed by atoms with Gasteiger partial charge in [0.1, 0.15) is 17.3 Å². The van der Waals surface area contributed by atoms with Crippen molar-refractivity contribution in [2.24, 2.45) is 0 Å². The molecule has 198 valence electrons. The summed E-state index contributed by atoms with van der Waals surface area (Å²) in [5.41, 5.74) is 2.41. The molecule has 0 unspecified atom stereocenters. The van der Waals surface area contributed by atoms with E-state index in [-0.39, 0.29) is 35.0 Å². The fourth-order valence-electron chi connectivity index (χ4n) is 5.27. The van der Waals surface area contributed by atoms with E-state index in [4.69, 9.17) is 4.74 Å². The first-order chi connectivity index (χ1) is 18.4. The number of aromatic hydroxyl groups is 1. The molecule has 38 heavy (non-hydrogen) atoms. The van der Waals surface area contributed by atoms with Gasteiger partial charge < -0.3 is 20.1 Å². The van der Waals surface area contributed by atoms with Crippen molar-refractivity contribution in [1.29, 1.82) is 0 Å². The van der Waals surface area contributed by atoms with Crippen molar-refractivity contribution in [1.82, 2.24) is 15.1 Å². The zero-order chi connectivity index (χ0) is 26.6. The number of methoxy groups -OCH3 is 1. The molecule has 0 bridgehead atoms. The lowest BCUT2D eigenvalue weighted by atomic mass is 10.0. The molecule has 0 spiro atoms. The normalized spacial score (nSPS) is 18.0. The van der Waals surface area contributed by atoms with Crippen LogP contribution in [-0.4, -0.2) is 66.1 Å². The minimum Gasteiger partial charge on any atom is -0.507 e. The number of likely N-dealkylation sites (tertiary alicyclic amines) is 2.